The zero-order chi connectivity index (χ0) is 10.7. The Kier molecular flexibility index (Phi) is 2.61. The highest BCUT2D eigenvalue weighted by atomic mass is 32.1. The van der Waals surface area contributed by atoms with Gasteiger partial charge in [-0.25, -0.2) is 4.98 Å². The van der Waals surface area contributed by atoms with E-state index >= 15 is 0 Å². The van der Waals surface area contributed by atoms with Crippen molar-refractivity contribution in [1.82, 2.24) is 4.98 Å². The van der Waals surface area contributed by atoms with Crippen molar-refractivity contribution in [3.8, 4) is 6.07 Å². The highest BCUT2D eigenvalue weighted by Gasteiger charge is 2.09. The van der Waals surface area contributed by atoms with Crippen LogP contribution in [0.25, 0.3) is 10.2 Å². The minimum Gasteiger partial charge on any atom is -0.398 e. The third-order valence-corrected chi connectivity index (χ3v) is 2.83. The SMILES string of the molecule is CON=C(C#N)c1nc2ccccc2s1. The molecule has 0 saturated carbocycles. The minimum atomic E-state index is 0.207. The Bertz CT molecular complexity index is 520. The Balaban J connectivity index is 2.54. The molecule has 5 heteroatoms. The van der Waals surface area contributed by atoms with Crippen molar-refractivity contribution >= 4 is 27.3 Å². The number of oxime groups is 1. The maximum Gasteiger partial charge on any atom is 0.215 e. The summed E-state index contributed by atoms with van der Waals surface area (Å²) in [5, 5.41) is 13.0. The van der Waals surface area contributed by atoms with Crippen molar-refractivity contribution in [3.63, 3.8) is 0 Å². The third kappa shape index (κ3) is 1.80. The molecule has 1 aromatic heterocycles. The number of thiazole rings is 1. The number of rotatable bonds is 2. The van der Waals surface area contributed by atoms with Gasteiger partial charge in [-0.15, -0.1) is 11.3 Å². The van der Waals surface area contributed by atoms with Gasteiger partial charge in [-0.2, -0.15) is 5.26 Å². The minimum absolute atomic E-state index is 0.207. The van der Waals surface area contributed by atoms with Crippen LogP contribution in [0.5, 0.6) is 0 Å². The standard InChI is InChI=1S/C10H7N3OS/c1-14-13-8(6-11)10-12-7-4-2-3-5-9(7)15-10/h2-5H,1H3. The lowest BCUT2D eigenvalue weighted by molar-refractivity contribution is 0.214. The molecule has 0 N–H and O–H groups in total. The van der Waals surface area contributed by atoms with Crippen LogP contribution in [0, 0.1) is 11.3 Å². The van der Waals surface area contributed by atoms with E-state index in [9.17, 15) is 0 Å². The molecular weight excluding hydrogens is 210 g/mol. The number of nitriles is 1. The predicted molar refractivity (Wildman–Crippen MR) is 58.8 cm³/mol. The lowest BCUT2D eigenvalue weighted by atomic mass is 10.3. The highest BCUT2D eigenvalue weighted by Crippen LogP contribution is 2.21. The van der Waals surface area contributed by atoms with E-state index in [1.807, 2.05) is 30.3 Å². The number of benzene rings is 1. The summed E-state index contributed by atoms with van der Waals surface area (Å²) in [5.41, 5.74) is 1.08. The van der Waals surface area contributed by atoms with Gasteiger partial charge in [0, 0.05) is 0 Å². The maximum absolute atomic E-state index is 8.84. The maximum atomic E-state index is 8.84. The molecule has 0 radical (unpaired) electrons. The van der Waals surface area contributed by atoms with Crippen LogP contribution in [-0.4, -0.2) is 17.8 Å². The molecule has 1 aromatic carbocycles. The lowest BCUT2D eigenvalue weighted by Gasteiger charge is -1.88. The second-order valence-electron chi connectivity index (χ2n) is 2.72. The first-order valence-electron chi connectivity index (χ1n) is 4.22. The summed E-state index contributed by atoms with van der Waals surface area (Å²) >= 11 is 1.43. The molecule has 15 heavy (non-hydrogen) atoms. The summed E-state index contributed by atoms with van der Waals surface area (Å²) in [5.74, 6) is 0. The Morgan fingerprint density at radius 1 is 1.53 bits per heavy atom. The van der Waals surface area contributed by atoms with Crippen LogP contribution in [0.4, 0.5) is 0 Å². The molecule has 74 valence electrons. The van der Waals surface area contributed by atoms with E-state index in [0.717, 1.165) is 10.2 Å². The Labute approximate surface area is 90.4 Å². The van der Waals surface area contributed by atoms with Gasteiger partial charge in [0.05, 0.1) is 10.2 Å². The van der Waals surface area contributed by atoms with Gasteiger partial charge in [-0.3, -0.25) is 0 Å². The zero-order valence-electron chi connectivity index (χ0n) is 7.97. The molecule has 0 aliphatic heterocycles. The molecular formula is C10H7N3OS. The van der Waals surface area contributed by atoms with Gasteiger partial charge in [0.2, 0.25) is 5.71 Å². The highest BCUT2D eigenvalue weighted by molar-refractivity contribution is 7.20. The molecule has 0 aliphatic rings. The largest absolute Gasteiger partial charge is 0.398 e. The van der Waals surface area contributed by atoms with Crippen molar-refractivity contribution in [2.75, 3.05) is 7.11 Å². The number of hydrogen-bond acceptors (Lipinski definition) is 5. The third-order valence-electron chi connectivity index (χ3n) is 1.78. The van der Waals surface area contributed by atoms with E-state index in [4.69, 9.17) is 5.26 Å². The van der Waals surface area contributed by atoms with Gasteiger partial charge in [-0.1, -0.05) is 17.3 Å². The number of fused-ring (bicyclic) bond motifs is 1. The fraction of sp³-hybridized carbons (Fsp3) is 0.100. The molecule has 0 spiro atoms. The van der Waals surface area contributed by atoms with Crippen LogP contribution in [0.15, 0.2) is 29.4 Å². The van der Waals surface area contributed by atoms with E-state index in [-0.39, 0.29) is 5.71 Å². The predicted octanol–water partition coefficient (Wildman–Crippen LogP) is 2.17. The number of nitrogens with zero attached hydrogens (tertiary/aromatic N) is 3. The number of para-hydroxylation sites is 1. The van der Waals surface area contributed by atoms with E-state index in [2.05, 4.69) is 15.0 Å². The molecule has 4 nitrogen and oxygen atoms in total. The molecule has 0 fully saturated rings. The van der Waals surface area contributed by atoms with Crippen molar-refractivity contribution in [3.05, 3.63) is 29.3 Å². The summed E-state index contributed by atoms with van der Waals surface area (Å²) in [6.45, 7) is 0. The van der Waals surface area contributed by atoms with Gasteiger partial charge < -0.3 is 4.84 Å². The van der Waals surface area contributed by atoms with Gasteiger partial charge in [0.15, 0.2) is 5.01 Å². The van der Waals surface area contributed by atoms with Gasteiger partial charge >= 0.3 is 0 Å². The van der Waals surface area contributed by atoms with Crippen molar-refractivity contribution in [2.24, 2.45) is 5.16 Å². The van der Waals surface area contributed by atoms with Gasteiger partial charge in [0.1, 0.15) is 13.2 Å². The summed E-state index contributed by atoms with van der Waals surface area (Å²) in [4.78, 5) is 8.87. The lowest BCUT2D eigenvalue weighted by Crippen LogP contribution is -1.96. The molecule has 2 aromatic rings. The summed E-state index contributed by atoms with van der Waals surface area (Å²) in [6, 6.07) is 9.65. The van der Waals surface area contributed by atoms with E-state index in [1.165, 1.54) is 18.4 Å². The Hall–Kier alpha value is -1.93. The first-order chi connectivity index (χ1) is 7.35. The summed E-state index contributed by atoms with van der Waals surface area (Å²) in [6.07, 6.45) is 0. The normalized spacial score (nSPS) is 11.3. The fourth-order valence-electron chi connectivity index (χ4n) is 1.17. The summed E-state index contributed by atoms with van der Waals surface area (Å²) in [7, 11) is 1.41. The molecule has 0 unspecified atom stereocenters. The quantitative estimate of drug-likeness (QED) is 0.572. The molecule has 0 amide bonds. The first kappa shape index (κ1) is 9.62. The number of aromatic nitrogens is 1. The smallest absolute Gasteiger partial charge is 0.215 e. The Morgan fingerprint density at radius 2 is 2.33 bits per heavy atom. The van der Waals surface area contributed by atoms with Crippen LogP contribution < -0.4 is 0 Å². The first-order valence-corrected chi connectivity index (χ1v) is 5.04. The average Bonchev–Trinajstić information content (AvgIpc) is 2.69. The molecule has 2 rings (SSSR count). The second kappa shape index (κ2) is 4.07. The van der Waals surface area contributed by atoms with Crippen molar-refractivity contribution < 1.29 is 4.84 Å². The summed E-state index contributed by atoms with van der Waals surface area (Å²) < 4.78 is 1.03. The molecule has 0 saturated heterocycles. The number of hydrogen-bond donors (Lipinski definition) is 0. The van der Waals surface area contributed by atoms with Gasteiger partial charge in [-0.05, 0) is 12.1 Å². The van der Waals surface area contributed by atoms with E-state index in [0.29, 0.717) is 5.01 Å². The van der Waals surface area contributed by atoms with Crippen LogP contribution in [0.1, 0.15) is 5.01 Å². The molecule has 0 aliphatic carbocycles. The topological polar surface area (TPSA) is 58.3 Å². The van der Waals surface area contributed by atoms with E-state index in [1.54, 1.807) is 0 Å². The molecule has 0 bridgehead atoms. The Morgan fingerprint density at radius 3 is 3.00 bits per heavy atom. The second-order valence-corrected chi connectivity index (χ2v) is 3.75. The zero-order valence-corrected chi connectivity index (χ0v) is 8.78. The van der Waals surface area contributed by atoms with Crippen molar-refractivity contribution in [2.45, 2.75) is 0 Å². The van der Waals surface area contributed by atoms with Gasteiger partial charge in [0.25, 0.3) is 0 Å². The monoisotopic (exact) mass is 217 g/mol. The van der Waals surface area contributed by atoms with Crippen molar-refractivity contribution in [1.29, 1.82) is 5.26 Å². The van der Waals surface area contributed by atoms with Crippen LogP contribution in [0.3, 0.4) is 0 Å². The molecule has 0 atom stereocenters. The van der Waals surface area contributed by atoms with E-state index < -0.39 is 0 Å². The van der Waals surface area contributed by atoms with Crippen LogP contribution in [0.2, 0.25) is 0 Å². The van der Waals surface area contributed by atoms with Crippen LogP contribution >= 0.6 is 11.3 Å². The molecule has 1 heterocycles. The van der Waals surface area contributed by atoms with Crippen LogP contribution in [-0.2, 0) is 4.84 Å². The fourth-order valence-corrected chi connectivity index (χ4v) is 2.07. The average molecular weight is 217 g/mol.